The zero-order valence-corrected chi connectivity index (χ0v) is 16.1. The molecule has 0 aliphatic heterocycles. The van der Waals surface area contributed by atoms with Crippen molar-refractivity contribution in [1.29, 1.82) is 0 Å². The monoisotopic (exact) mass is 423 g/mol. The number of hydrogen-bond donors (Lipinski definition) is 1. The Hall–Kier alpha value is -4.04. The van der Waals surface area contributed by atoms with E-state index in [1.54, 1.807) is 42.5 Å². The Kier molecular flexibility index (Phi) is 6.51. The van der Waals surface area contributed by atoms with Crippen molar-refractivity contribution in [2.75, 3.05) is 0 Å². The number of halogens is 1. The van der Waals surface area contributed by atoms with Gasteiger partial charge in [-0.15, -0.1) is 0 Å². The lowest BCUT2D eigenvalue weighted by atomic mass is 10.2. The number of carbonyl (C=O) groups excluding carboxylic acids is 2. The number of benzene rings is 3. The van der Waals surface area contributed by atoms with Crippen molar-refractivity contribution >= 4 is 35.4 Å². The zero-order valence-electron chi connectivity index (χ0n) is 15.3. The molecular weight excluding hydrogens is 410 g/mol. The molecule has 1 N–H and O–H groups in total. The number of carbonyl (C=O) groups is 2. The lowest BCUT2D eigenvalue weighted by Gasteiger charge is -2.05. The summed E-state index contributed by atoms with van der Waals surface area (Å²) in [7, 11) is 0. The maximum atomic E-state index is 12.1. The third kappa shape index (κ3) is 5.49. The quantitative estimate of drug-likeness (QED) is 0.210. The fraction of sp³-hybridized carbons (Fsp3) is 0. The van der Waals surface area contributed by atoms with Crippen LogP contribution in [-0.4, -0.2) is 23.0 Å². The van der Waals surface area contributed by atoms with Crippen LogP contribution in [0.25, 0.3) is 0 Å². The van der Waals surface area contributed by atoms with E-state index in [4.69, 9.17) is 16.3 Å². The van der Waals surface area contributed by atoms with Crippen LogP contribution in [0.3, 0.4) is 0 Å². The van der Waals surface area contributed by atoms with Gasteiger partial charge in [-0.05, 0) is 54.1 Å². The summed E-state index contributed by atoms with van der Waals surface area (Å²) in [5.41, 5.74) is 3.19. The van der Waals surface area contributed by atoms with Crippen molar-refractivity contribution in [2.45, 2.75) is 0 Å². The lowest BCUT2D eigenvalue weighted by Crippen LogP contribution is -2.17. The highest BCUT2D eigenvalue weighted by Gasteiger charge is 2.11. The van der Waals surface area contributed by atoms with E-state index in [-0.39, 0.29) is 11.3 Å². The molecule has 0 unspecified atom stereocenters. The molecule has 0 atom stereocenters. The molecule has 0 aliphatic carbocycles. The highest BCUT2D eigenvalue weighted by atomic mass is 35.5. The van der Waals surface area contributed by atoms with E-state index >= 15 is 0 Å². The average Bonchev–Trinajstić information content (AvgIpc) is 2.75. The molecule has 0 aromatic heterocycles. The highest BCUT2D eigenvalue weighted by Crippen LogP contribution is 2.16. The first-order chi connectivity index (χ1) is 14.4. The molecule has 3 aromatic carbocycles. The number of ether oxygens (including phenoxy) is 1. The third-order valence-corrected chi connectivity index (χ3v) is 4.08. The summed E-state index contributed by atoms with van der Waals surface area (Å²) >= 11 is 5.86. The number of hydrazone groups is 1. The minimum Gasteiger partial charge on any atom is -0.423 e. The molecule has 0 radical (unpaired) electrons. The molecule has 0 bridgehead atoms. The summed E-state index contributed by atoms with van der Waals surface area (Å²) in [5.74, 6) is -0.789. The second-order valence-corrected chi connectivity index (χ2v) is 6.41. The van der Waals surface area contributed by atoms with Gasteiger partial charge in [-0.25, -0.2) is 10.2 Å². The predicted octanol–water partition coefficient (Wildman–Crippen LogP) is 4.23. The Morgan fingerprint density at radius 1 is 1.00 bits per heavy atom. The smallest absolute Gasteiger partial charge is 0.343 e. The number of esters is 1. The van der Waals surface area contributed by atoms with Crippen LogP contribution in [0.4, 0.5) is 5.69 Å². The van der Waals surface area contributed by atoms with Crippen LogP contribution in [0, 0.1) is 10.1 Å². The second kappa shape index (κ2) is 9.44. The molecule has 8 nitrogen and oxygen atoms in total. The van der Waals surface area contributed by atoms with Gasteiger partial charge in [-0.3, -0.25) is 14.9 Å². The van der Waals surface area contributed by atoms with E-state index in [9.17, 15) is 19.7 Å². The summed E-state index contributed by atoms with van der Waals surface area (Å²) in [6, 6.07) is 18.2. The topological polar surface area (TPSA) is 111 Å². The van der Waals surface area contributed by atoms with Gasteiger partial charge in [0.2, 0.25) is 0 Å². The van der Waals surface area contributed by atoms with Gasteiger partial charge in [-0.1, -0.05) is 23.7 Å². The van der Waals surface area contributed by atoms with E-state index < -0.39 is 16.8 Å². The highest BCUT2D eigenvalue weighted by molar-refractivity contribution is 6.30. The molecule has 30 heavy (non-hydrogen) atoms. The molecule has 0 aliphatic rings. The SMILES string of the molecule is O=C(N/N=C/c1ccc(OC(=O)c2cccc(Cl)c2)cc1)c1cccc([N+](=O)[O-])c1. The first-order valence-electron chi connectivity index (χ1n) is 8.58. The Balaban J connectivity index is 1.58. The van der Waals surface area contributed by atoms with Gasteiger partial charge in [0.15, 0.2) is 0 Å². The van der Waals surface area contributed by atoms with E-state index in [1.807, 2.05) is 0 Å². The fourth-order valence-corrected chi connectivity index (χ4v) is 2.58. The average molecular weight is 424 g/mol. The van der Waals surface area contributed by atoms with Crippen LogP contribution in [0.5, 0.6) is 5.75 Å². The van der Waals surface area contributed by atoms with Gasteiger partial charge in [-0.2, -0.15) is 5.10 Å². The van der Waals surface area contributed by atoms with Crippen molar-refractivity contribution in [3.05, 3.63) is 105 Å². The molecule has 9 heteroatoms. The normalized spacial score (nSPS) is 10.6. The summed E-state index contributed by atoms with van der Waals surface area (Å²) in [5, 5.41) is 15.0. The largest absolute Gasteiger partial charge is 0.423 e. The van der Waals surface area contributed by atoms with Crippen LogP contribution in [0.2, 0.25) is 5.02 Å². The maximum absolute atomic E-state index is 12.1. The maximum Gasteiger partial charge on any atom is 0.343 e. The minimum absolute atomic E-state index is 0.115. The second-order valence-electron chi connectivity index (χ2n) is 5.98. The van der Waals surface area contributed by atoms with Crippen LogP contribution >= 0.6 is 11.6 Å². The van der Waals surface area contributed by atoms with Crippen LogP contribution in [-0.2, 0) is 0 Å². The zero-order chi connectivity index (χ0) is 21.5. The first kappa shape index (κ1) is 20.7. The van der Waals surface area contributed by atoms with Crippen molar-refractivity contribution in [3.63, 3.8) is 0 Å². The van der Waals surface area contributed by atoms with Crippen LogP contribution < -0.4 is 10.2 Å². The molecule has 0 saturated carbocycles. The van der Waals surface area contributed by atoms with Crippen molar-refractivity contribution in [2.24, 2.45) is 5.10 Å². The Bertz CT molecular complexity index is 1130. The first-order valence-corrected chi connectivity index (χ1v) is 8.96. The number of nitro groups is 1. The van der Waals surface area contributed by atoms with E-state index in [0.29, 0.717) is 21.9 Å². The molecule has 0 saturated heterocycles. The van der Waals surface area contributed by atoms with Gasteiger partial charge < -0.3 is 4.74 Å². The standard InChI is InChI=1S/C21H14ClN3O5/c22-17-5-1-4-16(11-17)21(27)30-19-9-7-14(8-10-19)13-23-24-20(26)15-3-2-6-18(12-15)25(28)29/h1-13H,(H,24,26)/b23-13+. The van der Waals surface area contributed by atoms with Crippen LogP contribution in [0.15, 0.2) is 77.9 Å². The number of nitrogens with one attached hydrogen (secondary N) is 1. The van der Waals surface area contributed by atoms with Gasteiger partial charge in [0, 0.05) is 22.7 Å². The number of nitro benzene ring substituents is 1. The van der Waals surface area contributed by atoms with Crippen LogP contribution in [0.1, 0.15) is 26.3 Å². The number of rotatable bonds is 6. The molecule has 0 heterocycles. The summed E-state index contributed by atoms with van der Waals surface area (Å²) < 4.78 is 5.27. The molecular formula is C21H14ClN3O5. The van der Waals surface area contributed by atoms with E-state index in [0.717, 1.165) is 6.07 Å². The number of non-ortho nitro benzene ring substituents is 1. The Morgan fingerprint density at radius 3 is 2.40 bits per heavy atom. The van der Waals surface area contributed by atoms with E-state index in [2.05, 4.69) is 10.5 Å². The van der Waals surface area contributed by atoms with Crippen molar-refractivity contribution in [1.82, 2.24) is 5.43 Å². The summed E-state index contributed by atoms with van der Waals surface area (Å²) in [6.45, 7) is 0. The fourth-order valence-electron chi connectivity index (χ4n) is 2.39. The molecule has 150 valence electrons. The van der Waals surface area contributed by atoms with Gasteiger partial charge in [0.25, 0.3) is 11.6 Å². The minimum atomic E-state index is -0.583. The summed E-state index contributed by atoms with van der Waals surface area (Å²) in [4.78, 5) is 34.3. The molecule has 1 amide bonds. The number of nitrogens with zero attached hydrogens (tertiary/aromatic N) is 2. The lowest BCUT2D eigenvalue weighted by molar-refractivity contribution is -0.384. The molecule has 3 aromatic rings. The number of hydrogen-bond acceptors (Lipinski definition) is 6. The molecule has 0 spiro atoms. The third-order valence-electron chi connectivity index (χ3n) is 3.85. The number of amides is 1. The molecule has 0 fully saturated rings. The van der Waals surface area contributed by atoms with Gasteiger partial charge in [0.05, 0.1) is 16.7 Å². The van der Waals surface area contributed by atoms with Gasteiger partial charge in [0.1, 0.15) is 5.75 Å². The van der Waals surface area contributed by atoms with E-state index in [1.165, 1.54) is 30.5 Å². The van der Waals surface area contributed by atoms with Crippen molar-refractivity contribution < 1.29 is 19.2 Å². The van der Waals surface area contributed by atoms with Gasteiger partial charge >= 0.3 is 5.97 Å². The Morgan fingerprint density at radius 2 is 1.70 bits per heavy atom. The Labute approximate surface area is 175 Å². The van der Waals surface area contributed by atoms with Crippen molar-refractivity contribution in [3.8, 4) is 5.75 Å². The summed E-state index contributed by atoms with van der Waals surface area (Å²) in [6.07, 6.45) is 1.39. The predicted molar refractivity (Wildman–Crippen MR) is 111 cm³/mol. The molecule has 3 rings (SSSR count).